The van der Waals surface area contributed by atoms with Gasteiger partial charge in [-0.1, -0.05) is 5.92 Å². The van der Waals surface area contributed by atoms with E-state index in [0.29, 0.717) is 52.7 Å². The lowest BCUT2D eigenvalue weighted by atomic mass is 10.2. The van der Waals surface area contributed by atoms with E-state index < -0.39 is 0 Å². The molecule has 1 fully saturated rings. The molecule has 0 radical (unpaired) electrons. The summed E-state index contributed by atoms with van der Waals surface area (Å²) in [6.45, 7) is 16.4. The summed E-state index contributed by atoms with van der Waals surface area (Å²) in [4.78, 5) is 14.8. The summed E-state index contributed by atoms with van der Waals surface area (Å²) in [6.07, 6.45) is 6.61. The third-order valence-electron chi connectivity index (χ3n) is 4.44. The van der Waals surface area contributed by atoms with Gasteiger partial charge in [0.05, 0.1) is 65.0 Å². The van der Waals surface area contributed by atoms with E-state index in [1.165, 1.54) is 0 Å². The number of hydrogen-bond donors (Lipinski definition) is 0. The molecule has 182 valence electrons. The summed E-state index contributed by atoms with van der Waals surface area (Å²) in [5.41, 5.74) is 0.0417. The van der Waals surface area contributed by atoms with E-state index >= 15 is 0 Å². The fourth-order valence-electron chi connectivity index (χ4n) is 2.39. The smallest absolute Gasteiger partial charge is 0.122 e. The van der Waals surface area contributed by atoms with Crippen molar-refractivity contribution in [3.05, 3.63) is 0 Å². The van der Waals surface area contributed by atoms with Crippen molar-refractivity contribution in [1.82, 2.24) is 9.80 Å². The largest absolute Gasteiger partial charge is 0.379 e. The van der Waals surface area contributed by atoms with Gasteiger partial charge in [-0.2, -0.15) is 0 Å². The Labute approximate surface area is 189 Å². The molecule has 1 saturated heterocycles. The zero-order chi connectivity index (χ0) is 23.2. The van der Waals surface area contributed by atoms with Crippen molar-refractivity contribution in [1.29, 1.82) is 0 Å². The Balaban J connectivity index is 0.00000131. The van der Waals surface area contributed by atoms with Crippen LogP contribution in [0.15, 0.2) is 0 Å². The molecule has 0 saturated carbocycles. The molecule has 0 bridgehead atoms. The van der Waals surface area contributed by atoms with Gasteiger partial charge in [0.1, 0.15) is 6.29 Å². The molecule has 0 unspecified atom stereocenters. The van der Waals surface area contributed by atoms with Gasteiger partial charge in [-0.3, -0.25) is 9.80 Å². The lowest BCUT2D eigenvalue weighted by Crippen LogP contribution is -2.47. The number of ether oxygens (including phenoxy) is 5. The number of rotatable bonds is 16. The lowest BCUT2D eigenvalue weighted by Gasteiger charge is -2.33. The Hall–Kier alpha value is -1.05. The van der Waals surface area contributed by atoms with Crippen molar-refractivity contribution in [2.75, 3.05) is 99.2 Å². The van der Waals surface area contributed by atoms with Crippen LogP contribution in [0.5, 0.6) is 0 Å². The van der Waals surface area contributed by atoms with E-state index in [4.69, 9.17) is 30.1 Å². The minimum absolute atomic E-state index is 0.0417. The average Bonchev–Trinajstić information content (AvgIpc) is 2.75. The fourth-order valence-corrected chi connectivity index (χ4v) is 2.39. The SMILES string of the molecule is C#CCN1CCN(CCOCCOCCOCCOCCC=O)CC1.COC(C)(C)C. The van der Waals surface area contributed by atoms with Crippen molar-refractivity contribution in [3.63, 3.8) is 0 Å². The van der Waals surface area contributed by atoms with Crippen LogP contribution in [0, 0.1) is 12.3 Å². The first kappa shape index (κ1) is 29.9. The van der Waals surface area contributed by atoms with Crippen LogP contribution in [0.4, 0.5) is 0 Å². The van der Waals surface area contributed by atoms with Crippen molar-refractivity contribution in [2.24, 2.45) is 0 Å². The number of nitrogens with zero attached hydrogens (tertiary/aromatic N) is 2. The molecule has 0 spiro atoms. The van der Waals surface area contributed by atoms with Gasteiger partial charge in [0.2, 0.25) is 0 Å². The minimum atomic E-state index is 0.0417. The van der Waals surface area contributed by atoms with Gasteiger partial charge in [0.25, 0.3) is 0 Å². The van der Waals surface area contributed by atoms with E-state index in [1.807, 2.05) is 20.8 Å². The monoisotopic (exact) mass is 444 g/mol. The van der Waals surface area contributed by atoms with Gasteiger partial charge in [-0.05, 0) is 20.8 Å². The first-order valence-corrected chi connectivity index (χ1v) is 11.1. The molecule has 0 aromatic rings. The molecule has 1 heterocycles. The summed E-state index contributed by atoms with van der Waals surface area (Å²) < 4.78 is 26.5. The number of methoxy groups -OCH3 is 1. The van der Waals surface area contributed by atoms with Crippen molar-refractivity contribution >= 4 is 6.29 Å². The van der Waals surface area contributed by atoms with E-state index in [1.54, 1.807) is 7.11 Å². The molecule has 31 heavy (non-hydrogen) atoms. The molecule has 1 aliphatic heterocycles. The van der Waals surface area contributed by atoms with Crippen LogP contribution < -0.4 is 0 Å². The van der Waals surface area contributed by atoms with Gasteiger partial charge >= 0.3 is 0 Å². The molecule has 0 aromatic carbocycles. The molecule has 0 amide bonds. The van der Waals surface area contributed by atoms with Crippen LogP contribution in [-0.2, 0) is 28.5 Å². The summed E-state index contributed by atoms with van der Waals surface area (Å²) >= 11 is 0. The fraction of sp³-hybridized carbons (Fsp3) is 0.870. The quantitative estimate of drug-likeness (QED) is 0.201. The predicted molar refractivity (Wildman–Crippen MR) is 122 cm³/mol. The normalized spacial score (nSPS) is 15.2. The summed E-state index contributed by atoms with van der Waals surface area (Å²) in [6, 6.07) is 0. The molecular formula is C23H44N2O6. The third kappa shape index (κ3) is 22.0. The Kier molecular flexibility index (Phi) is 20.1. The van der Waals surface area contributed by atoms with Crippen molar-refractivity contribution in [3.8, 4) is 12.3 Å². The van der Waals surface area contributed by atoms with Gasteiger partial charge < -0.3 is 28.5 Å². The third-order valence-corrected chi connectivity index (χ3v) is 4.44. The maximum Gasteiger partial charge on any atom is 0.122 e. The molecule has 8 nitrogen and oxygen atoms in total. The van der Waals surface area contributed by atoms with Crippen LogP contribution in [-0.4, -0.2) is 121 Å². The second-order valence-electron chi connectivity index (χ2n) is 8.04. The summed E-state index contributed by atoms with van der Waals surface area (Å²) in [5, 5.41) is 0. The molecular weight excluding hydrogens is 400 g/mol. The van der Waals surface area contributed by atoms with E-state index in [0.717, 1.165) is 52.2 Å². The van der Waals surface area contributed by atoms with Gasteiger partial charge in [0.15, 0.2) is 0 Å². The predicted octanol–water partition coefficient (Wildman–Crippen LogP) is 1.32. The average molecular weight is 445 g/mol. The zero-order valence-electron chi connectivity index (χ0n) is 20.1. The second-order valence-corrected chi connectivity index (χ2v) is 8.04. The molecule has 0 aliphatic carbocycles. The first-order valence-electron chi connectivity index (χ1n) is 11.1. The first-order chi connectivity index (χ1) is 14.9. The molecule has 0 aromatic heterocycles. The van der Waals surface area contributed by atoms with E-state index in [-0.39, 0.29) is 5.60 Å². The van der Waals surface area contributed by atoms with Crippen LogP contribution in [0.25, 0.3) is 0 Å². The minimum Gasteiger partial charge on any atom is -0.379 e. The number of piperazine rings is 1. The number of carbonyl (C=O) groups excluding carboxylic acids is 1. The molecule has 1 aliphatic rings. The topological polar surface area (TPSA) is 69.7 Å². The van der Waals surface area contributed by atoms with Crippen LogP contribution in [0.3, 0.4) is 0 Å². The van der Waals surface area contributed by atoms with E-state index in [9.17, 15) is 4.79 Å². The van der Waals surface area contributed by atoms with Crippen LogP contribution in [0.2, 0.25) is 0 Å². The Morgan fingerprint density at radius 3 is 1.65 bits per heavy atom. The Morgan fingerprint density at radius 1 is 0.806 bits per heavy atom. The standard InChI is InChI=1S/C18H32N2O5.C5H12O/c1-2-4-19-5-7-20(8-6-19)9-12-23-14-16-25-18-17-24-15-13-22-11-3-10-21;1-5(2,3)6-4/h1,10H,3-9,11-18H2;1-4H3. The number of terminal acetylenes is 1. The number of aldehydes is 1. The van der Waals surface area contributed by atoms with Crippen molar-refractivity contribution in [2.45, 2.75) is 32.8 Å². The Morgan fingerprint density at radius 2 is 1.23 bits per heavy atom. The van der Waals surface area contributed by atoms with Gasteiger partial charge in [-0.15, -0.1) is 6.42 Å². The Bertz CT molecular complexity index is 442. The van der Waals surface area contributed by atoms with Gasteiger partial charge in [0, 0.05) is 46.3 Å². The zero-order valence-corrected chi connectivity index (χ0v) is 20.1. The van der Waals surface area contributed by atoms with Crippen LogP contribution >= 0.6 is 0 Å². The molecule has 1 rings (SSSR count). The van der Waals surface area contributed by atoms with Crippen molar-refractivity contribution < 1.29 is 28.5 Å². The molecule has 0 N–H and O–H groups in total. The highest BCUT2D eigenvalue weighted by Gasteiger charge is 2.15. The van der Waals surface area contributed by atoms with Gasteiger partial charge in [-0.25, -0.2) is 0 Å². The maximum atomic E-state index is 10.1. The molecule has 0 atom stereocenters. The summed E-state index contributed by atoms with van der Waals surface area (Å²) in [5.74, 6) is 2.69. The highest BCUT2D eigenvalue weighted by atomic mass is 16.6. The second kappa shape index (κ2) is 20.8. The maximum absolute atomic E-state index is 10.1. The summed E-state index contributed by atoms with van der Waals surface area (Å²) in [7, 11) is 1.71. The highest BCUT2D eigenvalue weighted by Crippen LogP contribution is 2.02. The highest BCUT2D eigenvalue weighted by molar-refractivity contribution is 5.49. The van der Waals surface area contributed by atoms with Crippen LogP contribution in [0.1, 0.15) is 27.2 Å². The lowest BCUT2D eigenvalue weighted by molar-refractivity contribution is -0.108. The molecule has 8 heteroatoms. The number of hydrogen-bond acceptors (Lipinski definition) is 8. The number of carbonyl (C=O) groups is 1. The van der Waals surface area contributed by atoms with E-state index in [2.05, 4.69) is 15.7 Å².